The molecule has 3 aromatic rings. The number of anilines is 1. The maximum absolute atomic E-state index is 4.57. The number of aromatic amines is 1. The molecule has 3 heterocycles. The Balaban J connectivity index is 1.94. The topological polar surface area (TPSA) is 44.8 Å². The molecule has 1 N–H and O–H groups in total. The third kappa shape index (κ3) is 1.97. The van der Waals surface area contributed by atoms with Crippen LogP contribution in [-0.4, -0.2) is 28.0 Å². The second kappa shape index (κ2) is 4.72. The predicted octanol–water partition coefficient (Wildman–Crippen LogP) is 3.66. The van der Waals surface area contributed by atoms with E-state index < -0.39 is 0 Å². The van der Waals surface area contributed by atoms with Crippen molar-refractivity contribution in [3.63, 3.8) is 0 Å². The van der Waals surface area contributed by atoms with E-state index in [1.54, 1.807) is 6.33 Å². The molecule has 4 nitrogen and oxygen atoms in total. The summed E-state index contributed by atoms with van der Waals surface area (Å²) >= 11 is 0. The van der Waals surface area contributed by atoms with Crippen LogP contribution in [-0.2, 0) is 0 Å². The SMILES string of the molecule is Cc1cccc2[nH]c3c(N4CCCC(C)C4)ncnc3c12. The highest BCUT2D eigenvalue weighted by atomic mass is 15.2. The number of nitrogens with one attached hydrogen (secondary N) is 1. The number of piperidine rings is 1. The Labute approximate surface area is 124 Å². The molecule has 1 aromatic carbocycles. The van der Waals surface area contributed by atoms with Gasteiger partial charge in [0, 0.05) is 24.0 Å². The second-order valence-corrected chi connectivity index (χ2v) is 6.24. The van der Waals surface area contributed by atoms with Crippen LogP contribution in [0.3, 0.4) is 0 Å². The monoisotopic (exact) mass is 280 g/mol. The molecule has 1 unspecified atom stereocenters. The highest BCUT2D eigenvalue weighted by molar-refractivity contribution is 6.09. The number of nitrogens with zero attached hydrogens (tertiary/aromatic N) is 3. The Morgan fingerprint density at radius 2 is 2.19 bits per heavy atom. The van der Waals surface area contributed by atoms with Gasteiger partial charge in [0.15, 0.2) is 5.82 Å². The Morgan fingerprint density at radius 3 is 3.05 bits per heavy atom. The summed E-state index contributed by atoms with van der Waals surface area (Å²) in [6, 6.07) is 6.34. The van der Waals surface area contributed by atoms with E-state index in [1.165, 1.54) is 23.8 Å². The number of rotatable bonds is 1. The summed E-state index contributed by atoms with van der Waals surface area (Å²) in [6.07, 6.45) is 4.26. The maximum atomic E-state index is 4.57. The van der Waals surface area contributed by atoms with Crippen molar-refractivity contribution >= 4 is 27.8 Å². The molecule has 1 atom stereocenters. The molecule has 2 aromatic heterocycles. The summed E-state index contributed by atoms with van der Waals surface area (Å²) in [5, 5.41) is 1.22. The zero-order chi connectivity index (χ0) is 14.4. The first kappa shape index (κ1) is 12.6. The number of aryl methyl sites for hydroxylation is 1. The number of fused-ring (bicyclic) bond motifs is 3. The van der Waals surface area contributed by atoms with Crippen molar-refractivity contribution in [1.82, 2.24) is 15.0 Å². The lowest BCUT2D eigenvalue weighted by Gasteiger charge is -2.31. The molecule has 1 aliphatic heterocycles. The Morgan fingerprint density at radius 1 is 1.29 bits per heavy atom. The molecule has 1 saturated heterocycles. The van der Waals surface area contributed by atoms with Crippen molar-refractivity contribution in [2.45, 2.75) is 26.7 Å². The maximum Gasteiger partial charge on any atom is 0.156 e. The van der Waals surface area contributed by atoms with Crippen LogP contribution in [0.25, 0.3) is 21.9 Å². The molecule has 4 rings (SSSR count). The smallest absolute Gasteiger partial charge is 0.156 e. The van der Waals surface area contributed by atoms with Crippen LogP contribution < -0.4 is 4.90 Å². The lowest BCUT2D eigenvalue weighted by atomic mass is 10.0. The van der Waals surface area contributed by atoms with Crippen molar-refractivity contribution in [1.29, 1.82) is 0 Å². The van der Waals surface area contributed by atoms with Crippen LogP contribution in [0.2, 0.25) is 0 Å². The van der Waals surface area contributed by atoms with Gasteiger partial charge in [-0.3, -0.25) is 0 Å². The minimum atomic E-state index is 0.731. The van der Waals surface area contributed by atoms with Crippen LogP contribution in [0.4, 0.5) is 5.82 Å². The molecule has 4 heteroatoms. The molecule has 21 heavy (non-hydrogen) atoms. The van der Waals surface area contributed by atoms with Gasteiger partial charge < -0.3 is 9.88 Å². The van der Waals surface area contributed by atoms with Crippen LogP contribution in [0.15, 0.2) is 24.5 Å². The van der Waals surface area contributed by atoms with Crippen LogP contribution >= 0.6 is 0 Å². The van der Waals surface area contributed by atoms with Crippen molar-refractivity contribution in [2.75, 3.05) is 18.0 Å². The van der Waals surface area contributed by atoms with Gasteiger partial charge in [-0.15, -0.1) is 0 Å². The van der Waals surface area contributed by atoms with Crippen LogP contribution in [0.1, 0.15) is 25.3 Å². The summed E-state index contributed by atoms with van der Waals surface area (Å²) in [7, 11) is 0. The highest BCUT2D eigenvalue weighted by Crippen LogP contribution is 2.32. The fourth-order valence-corrected chi connectivity index (χ4v) is 3.52. The molecule has 0 spiro atoms. The van der Waals surface area contributed by atoms with E-state index >= 15 is 0 Å². The third-order valence-corrected chi connectivity index (χ3v) is 4.55. The normalized spacial score (nSPS) is 19.5. The standard InChI is InChI=1S/C17H20N4/c1-11-5-4-8-21(9-11)17-16-15(18-10-19-17)14-12(2)6-3-7-13(14)20-16/h3,6-7,10-11,20H,4-5,8-9H2,1-2H3. The zero-order valence-electron chi connectivity index (χ0n) is 12.6. The second-order valence-electron chi connectivity index (χ2n) is 6.24. The molecular formula is C17H20N4. The number of aromatic nitrogens is 3. The summed E-state index contributed by atoms with van der Waals surface area (Å²) in [4.78, 5) is 15.0. The Kier molecular flexibility index (Phi) is 2.84. The van der Waals surface area contributed by atoms with Gasteiger partial charge in [-0.05, 0) is 37.3 Å². The number of hydrogen-bond acceptors (Lipinski definition) is 3. The van der Waals surface area contributed by atoms with Gasteiger partial charge in [-0.1, -0.05) is 19.1 Å². The highest BCUT2D eigenvalue weighted by Gasteiger charge is 2.21. The van der Waals surface area contributed by atoms with E-state index in [-0.39, 0.29) is 0 Å². The lowest BCUT2D eigenvalue weighted by molar-refractivity contribution is 0.445. The van der Waals surface area contributed by atoms with E-state index in [0.29, 0.717) is 0 Å². The molecule has 1 aliphatic rings. The van der Waals surface area contributed by atoms with Gasteiger partial charge in [0.25, 0.3) is 0 Å². The van der Waals surface area contributed by atoms with Crippen molar-refractivity contribution in [3.05, 3.63) is 30.1 Å². The molecule has 0 saturated carbocycles. The van der Waals surface area contributed by atoms with Gasteiger partial charge in [-0.25, -0.2) is 9.97 Å². The average Bonchev–Trinajstić information content (AvgIpc) is 2.87. The average molecular weight is 280 g/mol. The van der Waals surface area contributed by atoms with Gasteiger partial charge in [-0.2, -0.15) is 0 Å². The van der Waals surface area contributed by atoms with Gasteiger partial charge in [0.2, 0.25) is 0 Å². The molecule has 0 amide bonds. The van der Waals surface area contributed by atoms with Gasteiger partial charge in [0.1, 0.15) is 17.4 Å². The van der Waals surface area contributed by atoms with Crippen LogP contribution in [0.5, 0.6) is 0 Å². The van der Waals surface area contributed by atoms with E-state index in [1.807, 2.05) is 0 Å². The first-order chi connectivity index (χ1) is 10.2. The van der Waals surface area contributed by atoms with Gasteiger partial charge >= 0.3 is 0 Å². The van der Waals surface area contributed by atoms with Crippen LogP contribution in [0, 0.1) is 12.8 Å². The quantitative estimate of drug-likeness (QED) is 0.740. The van der Waals surface area contributed by atoms with Crippen molar-refractivity contribution < 1.29 is 0 Å². The Bertz CT molecular complexity index is 805. The lowest BCUT2D eigenvalue weighted by Crippen LogP contribution is -2.35. The predicted molar refractivity (Wildman–Crippen MR) is 86.7 cm³/mol. The van der Waals surface area contributed by atoms with E-state index in [4.69, 9.17) is 0 Å². The van der Waals surface area contributed by atoms with Gasteiger partial charge in [0.05, 0.1) is 0 Å². The number of hydrogen-bond donors (Lipinski definition) is 1. The molecular weight excluding hydrogens is 260 g/mol. The van der Waals surface area contributed by atoms with Crippen molar-refractivity contribution in [2.24, 2.45) is 5.92 Å². The van der Waals surface area contributed by atoms with E-state index in [9.17, 15) is 0 Å². The van der Waals surface area contributed by atoms with E-state index in [0.717, 1.165) is 41.4 Å². The molecule has 108 valence electrons. The minimum absolute atomic E-state index is 0.731. The minimum Gasteiger partial charge on any atom is -0.355 e. The number of benzene rings is 1. The first-order valence-electron chi connectivity index (χ1n) is 7.71. The van der Waals surface area contributed by atoms with Crippen molar-refractivity contribution in [3.8, 4) is 0 Å². The summed E-state index contributed by atoms with van der Waals surface area (Å²) in [6.45, 7) is 6.63. The molecule has 0 bridgehead atoms. The molecule has 1 fully saturated rings. The summed E-state index contributed by atoms with van der Waals surface area (Å²) < 4.78 is 0. The fraction of sp³-hybridized carbons (Fsp3) is 0.412. The van der Waals surface area contributed by atoms with E-state index in [2.05, 4.69) is 51.9 Å². The number of H-pyrrole nitrogens is 1. The zero-order valence-corrected chi connectivity index (χ0v) is 12.6. The third-order valence-electron chi connectivity index (χ3n) is 4.55. The summed E-state index contributed by atoms with van der Waals surface area (Å²) in [5.74, 6) is 1.79. The molecule has 0 radical (unpaired) electrons. The molecule has 0 aliphatic carbocycles. The first-order valence-corrected chi connectivity index (χ1v) is 7.71. The Hall–Kier alpha value is -2.10. The largest absolute Gasteiger partial charge is 0.355 e. The summed E-state index contributed by atoms with van der Waals surface area (Å²) in [5.41, 5.74) is 4.54. The fourth-order valence-electron chi connectivity index (χ4n) is 3.52.